The fourth-order valence-electron chi connectivity index (χ4n) is 3.97. The van der Waals surface area contributed by atoms with Gasteiger partial charge in [-0.15, -0.1) is 0 Å². The molecule has 0 fully saturated rings. The first-order chi connectivity index (χ1) is 13.7. The molecule has 0 amide bonds. The van der Waals surface area contributed by atoms with Gasteiger partial charge in [0.05, 0.1) is 21.3 Å². The number of hydrogen-bond acceptors (Lipinski definition) is 4. The van der Waals surface area contributed by atoms with Gasteiger partial charge < -0.3 is 18.9 Å². The summed E-state index contributed by atoms with van der Waals surface area (Å²) >= 11 is 0. The molecule has 4 heteroatoms. The molecular formula is C24H24O4. The van der Waals surface area contributed by atoms with Crippen molar-refractivity contribution in [3.8, 4) is 34.1 Å². The van der Waals surface area contributed by atoms with E-state index < -0.39 is 0 Å². The topological polar surface area (TPSA) is 36.9 Å². The van der Waals surface area contributed by atoms with E-state index in [2.05, 4.69) is 24.3 Å². The SMILES string of the molecule is C/C=C/C1Cc2c(cc(-c3ccccc3)c3c(OC)c(OC)c(OC)cc23)O1. The van der Waals surface area contributed by atoms with Crippen molar-refractivity contribution < 1.29 is 18.9 Å². The fourth-order valence-corrected chi connectivity index (χ4v) is 3.97. The van der Waals surface area contributed by atoms with Gasteiger partial charge in [-0.3, -0.25) is 0 Å². The summed E-state index contributed by atoms with van der Waals surface area (Å²) in [6.07, 6.45) is 4.96. The van der Waals surface area contributed by atoms with E-state index in [0.29, 0.717) is 17.2 Å². The van der Waals surface area contributed by atoms with Crippen LogP contribution in [-0.2, 0) is 6.42 Å². The van der Waals surface area contributed by atoms with Crippen molar-refractivity contribution in [2.75, 3.05) is 21.3 Å². The van der Waals surface area contributed by atoms with E-state index in [9.17, 15) is 0 Å². The van der Waals surface area contributed by atoms with Gasteiger partial charge >= 0.3 is 0 Å². The molecule has 1 aliphatic rings. The second kappa shape index (κ2) is 7.47. The van der Waals surface area contributed by atoms with Gasteiger partial charge in [0.2, 0.25) is 5.75 Å². The zero-order valence-electron chi connectivity index (χ0n) is 16.6. The summed E-state index contributed by atoms with van der Waals surface area (Å²) in [5.41, 5.74) is 3.31. The first-order valence-electron chi connectivity index (χ1n) is 9.35. The number of hydrogen-bond donors (Lipinski definition) is 0. The maximum absolute atomic E-state index is 6.22. The first-order valence-corrected chi connectivity index (χ1v) is 9.35. The molecule has 0 saturated carbocycles. The number of fused-ring (bicyclic) bond motifs is 3. The van der Waals surface area contributed by atoms with E-state index in [1.165, 1.54) is 0 Å². The minimum absolute atomic E-state index is 0.0355. The quantitative estimate of drug-likeness (QED) is 0.558. The van der Waals surface area contributed by atoms with Crippen LogP contribution >= 0.6 is 0 Å². The largest absolute Gasteiger partial charge is 0.493 e. The van der Waals surface area contributed by atoms with Crippen LogP contribution in [0.25, 0.3) is 21.9 Å². The minimum atomic E-state index is 0.0355. The van der Waals surface area contributed by atoms with E-state index in [4.69, 9.17) is 18.9 Å². The van der Waals surface area contributed by atoms with Crippen LogP contribution in [-0.4, -0.2) is 27.4 Å². The molecule has 28 heavy (non-hydrogen) atoms. The standard InChI is InChI=1S/C24H24O4/c1-5-9-16-12-18-19-14-21(25-2)23(26-3)24(27-4)22(19)17(13-20(18)28-16)15-10-7-6-8-11-15/h5-11,13-14,16H,12H2,1-4H3/b9-5+. The van der Waals surface area contributed by atoms with Crippen LogP contribution in [0.3, 0.4) is 0 Å². The third kappa shape index (κ3) is 2.85. The summed E-state index contributed by atoms with van der Waals surface area (Å²) in [5, 5.41) is 2.08. The highest BCUT2D eigenvalue weighted by Crippen LogP contribution is 2.51. The number of benzene rings is 3. The van der Waals surface area contributed by atoms with Crippen molar-refractivity contribution in [1.82, 2.24) is 0 Å². The van der Waals surface area contributed by atoms with Crippen molar-refractivity contribution in [2.24, 2.45) is 0 Å². The van der Waals surface area contributed by atoms with Gasteiger partial charge in [0.1, 0.15) is 11.9 Å². The van der Waals surface area contributed by atoms with Crippen LogP contribution < -0.4 is 18.9 Å². The van der Waals surface area contributed by atoms with Crippen LogP contribution in [0.2, 0.25) is 0 Å². The molecule has 4 nitrogen and oxygen atoms in total. The molecular weight excluding hydrogens is 352 g/mol. The van der Waals surface area contributed by atoms with Gasteiger partial charge in [0.15, 0.2) is 11.5 Å². The molecule has 1 unspecified atom stereocenters. The Morgan fingerprint density at radius 2 is 1.71 bits per heavy atom. The maximum Gasteiger partial charge on any atom is 0.203 e. The molecule has 0 N–H and O–H groups in total. The van der Waals surface area contributed by atoms with E-state index in [1.807, 2.05) is 37.3 Å². The molecule has 1 atom stereocenters. The molecule has 0 saturated heterocycles. The molecule has 0 radical (unpaired) electrons. The number of rotatable bonds is 5. The Morgan fingerprint density at radius 1 is 0.964 bits per heavy atom. The highest BCUT2D eigenvalue weighted by molar-refractivity contribution is 6.06. The Morgan fingerprint density at radius 3 is 2.36 bits per heavy atom. The van der Waals surface area contributed by atoms with Crippen LogP contribution in [0.4, 0.5) is 0 Å². The zero-order chi connectivity index (χ0) is 19.7. The number of allylic oxidation sites excluding steroid dienone is 1. The lowest BCUT2D eigenvalue weighted by Crippen LogP contribution is -2.08. The fraction of sp³-hybridized carbons (Fsp3) is 0.250. The lowest BCUT2D eigenvalue weighted by Gasteiger charge is -2.19. The zero-order valence-corrected chi connectivity index (χ0v) is 16.6. The predicted octanol–water partition coefficient (Wildman–Crippen LogP) is 5.41. The van der Waals surface area contributed by atoms with E-state index in [1.54, 1.807) is 21.3 Å². The van der Waals surface area contributed by atoms with Gasteiger partial charge in [-0.1, -0.05) is 36.4 Å². The third-order valence-electron chi connectivity index (χ3n) is 5.17. The average molecular weight is 376 g/mol. The Labute approximate surface area is 165 Å². The maximum atomic E-state index is 6.22. The number of ether oxygens (including phenoxy) is 4. The van der Waals surface area contributed by atoms with E-state index in [-0.39, 0.29) is 6.10 Å². The van der Waals surface area contributed by atoms with Crippen molar-refractivity contribution in [3.05, 3.63) is 60.2 Å². The molecule has 1 aliphatic heterocycles. The summed E-state index contributed by atoms with van der Waals surface area (Å²) < 4.78 is 23.3. The van der Waals surface area contributed by atoms with Gasteiger partial charge in [-0.05, 0) is 41.6 Å². The second-order valence-corrected chi connectivity index (χ2v) is 6.72. The Balaban J connectivity index is 2.10. The summed E-state index contributed by atoms with van der Waals surface area (Å²) in [6.45, 7) is 2.01. The predicted molar refractivity (Wildman–Crippen MR) is 112 cm³/mol. The van der Waals surface area contributed by atoms with Gasteiger partial charge in [-0.25, -0.2) is 0 Å². The normalized spacial score (nSPS) is 15.5. The van der Waals surface area contributed by atoms with E-state index >= 15 is 0 Å². The molecule has 4 rings (SSSR count). The Hall–Kier alpha value is -3.14. The molecule has 0 bridgehead atoms. The molecule has 1 heterocycles. The lowest BCUT2D eigenvalue weighted by atomic mass is 9.92. The van der Waals surface area contributed by atoms with Gasteiger partial charge in [0, 0.05) is 17.4 Å². The summed E-state index contributed by atoms with van der Waals surface area (Å²) in [7, 11) is 4.94. The number of methoxy groups -OCH3 is 3. The molecule has 0 aliphatic carbocycles. The molecule has 3 aromatic carbocycles. The smallest absolute Gasteiger partial charge is 0.203 e. The lowest BCUT2D eigenvalue weighted by molar-refractivity contribution is 0.283. The highest BCUT2D eigenvalue weighted by atomic mass is 16.5. The molecule has 0 aromatic heterocycles. The molecule has 144 valence electrons. The third-order valence-corrected chi connectivity index (χ3v) is 5.17. The Bertz CT molecular complexity index is 1040. The molecule has 0 spiro atoms. The summed E-state index contributed by atoms with van der Waals surface area (Å²) in [6, 6.07) is 14.4. The minimum Gasteiger partial charge on any atom is -0.493 e. The summed E-state index contributed by atoms with van der Waals surface area (Å²) in [5.74, 6) is 2.82. The molecule has 3 aromatic rings. The van der Waals surface area contributed by atoms with E-state index in [0.717, 1.165) is 39.6 Å². The first kappa shape index (κ1) is 18.2. The van der Waals surface area contributed by atoms with Crippen LogP contribution in [0, 0.1) is 0 Å². The monoisotopic (exact) mass is 376 g/mol. The van der Waals surface area contributed by atoms with Crippen molar-refractivity contribution in [2.45, 2.75) is 19.4 Å². The van der Waals surface area contributed by atoms with Crippen LogP contribution in [0.1, 0.15) is 12.5 Å². The Kier molecular flexibility index (Phi) is 4.86. The van der Waals surface area contributed by atoms with Crippen LogP contribution in [0.5, 0.6) is 23.0 Å². The van der Waals surface area contributed by atoms with Gasteiger partial charge in [0.25, 0.3) is 0 Å². The van der Waals surface area contributed by atoms with Crippen molar-refractivity contribution in [3.63, 3.8) is 0 Å². The average Bonchev–Trinajstić information content (AvgIpc) is 3.15. The van der Waals surface area contributed by atoms with Gasteiger partial charge in [-0.2, -0.15) is 0 Å². The van der Waals surface area contributed by atoms with Crippen molar-refractivity contribution >= 4 is 10.8 Å². The van der Waals surface area contributed by atoms with Crippen molar-refractivity contribution in [1.29, 1.82) is 0 Å². The van der Waals surface area contributed by atoms with Crippen LogP contribution in [0.15, 0.2) is 54.6 Å². The second-order valence-electron chi connectivity index (χ2n) is 6.72. The summed E-state index contributed by atoms with van der Waals surface area (Å²) in [4.78, 5) is 0. The highest BCUT2D eigenvalue weighted by Gasteiger charge is 2.28.